The molecule has 6 heteroatoms. The van der Waals surface area contributed by atoms with Crippen LogP contribution in [0.5, 0.6) is 5.75 Å². The van der Waals surface area contributed by atoms with Gasteiger partial charge in [-0.1, -0.05) is 54.1 Å². The second kappa shape index (κ2) is 8.05. The predicted octanol–water partition coefficient (Wildman–Crippen LogP) is 4.97. The van der Waals surface area contributed by atoms with Gasteiger partial charge in [0.05, 0.1) is 18.7 Å². The molecule has 0 aliphatic carbocycles. The summed E-state index contributed by atoms with van der Waals surface area (Å²) in [5.74, 6) is -1.03. The fourth-order valence-electron chi connectivity index (χ4n) is 3.55. The zero-order chi connectivity index (χ0) is 21.3. The largest absolute Gasteiger partial charge is 0.507 e. The fourth-order valence-corrected chi connectivity index (χ4v) is 3.68. The SMILES string of the molecule is COc1ccc([C@@H]2/C(=C(\O)c3ccccc3)C(=O)C(=O)N2c2ccc(Cl)cc2)cc1. The van der Waals surface area contributed by atoms with E-state index in [1.54, 1.807) is 79.9 Å². The van der Waals surface area contributed by atoms with Crippen LogP contribution in [0, 0.1) is 0 Å². The monoisotopic (exact) mass is 419 g/mol. The molecule has 3 aromatic carbocycles. The van der Waals surface area contributed by atoms with E-state index in [2.05, 4.69) is 0 Å². The molecule has 1 atom stereocenters. The number of ether oxygens (including phenoxy) is 1. The summed E-state index contributed by atoms with van der Waals surface area (Å²) < 4.78 is 5.22. The summed E-state index contributed by atoms with van der Waals surface area (Å²) in [5, 5.41) is 11.5. The molecule has 1 N–H and O–H groups in total. The second-order valence-electron chi connectivity index (χ2n) is 6.78. The van der Waals surface area contributed by atoms with Crippen LogP contribution in [-0.2, 0) is 9.59 Å². The Morgan fingerprint density at radius 2 is 1.57 bits per heavy atom. The number of carbonyl (C=O) groups excluding carboxylic acids is 2. The predicted molar refractivity (Wildman–Crippen MR) is 116 cm³/mol. The molecule has 1 saturated heterocycles. The third kappa shape index (κ3) is 3.44. The molecule has 1 aliphatic rings. The third-order valence-electron chi connectivity index (χ3n) is 5.03. The maximum Gasteiger partial charge on any atom is 0.300 e. The Hall–Kier alpha value is -3.57. The first-order valence-electron chi connectivity index (χ1n) is 9.27. The molecule has 1 fully saturated rings. The number of ketones is 1. The highest BCUT2D eigenvalue weighted by atomic mass is 35.5. The molecule has 30 heavy (non-hydrogen) atoms. The van der Waals surface area contributed by atoms with Gasteiger partial charge >= 0.3 is 0 Å². The number of hydrogen-bond acceptors (Lipinski definition) is 4. The highest BCUT2D eigenvalue weighted by molar-refractivity contribution is 6.51. The van der Waals surface area contributed by atoms with E-state index >= 15 is 0 Å². The van der Waals surface area contributed by atoms with Gasteiger partial charge in [0, 0.05) is 16.3 Å². The molecule has 1 aliphatic heterocycles. The van der Waals surface area contributed by atoms with Crippen LogP contribution in [0.2, 0.25) is 5.02 Å². The van der Waals surface area contributed by atoms with Gasteiger partial charge in [0.1, 0.15) is 11.5 Å². The van der Waals surface area contributed by atoms with Gasteiger partial charge in [0.2, 0.25) is 0 Å². The first kappa shape index (κ1) is 19.7. The smallest absolute Gasteiger partial charge is 0.300 e. The maximum absolute atomic E-state index is 13.0. The van der Waals surface area contributed by atoms with E-state index < -0.39 is 17.7 Å². The number of anilines is 1. The lowest BCUT2D eigenvalue weighted by Gasteiger charge is -2.25. The Morgan fingerprint density at radius 3 is 2.17 bits per heavy atom. The molecule has 0 saturated carbocycles. The molecule has 150 valence electrons. The van der Waals surface area contributed by atoms with Crippen molar-refractivity contribution < 1.29 is 19.4 Å². The van der Waals surface area contributed by atoms with Gasteiger partial charge in [-0.25, -0.2) is 0 Å². The average Bonchev–Trinajstić information content (AvgIpc) is 3.05. The van der Waals surface area contributed by atoms with Crippen LogP contribution in [-0.4, -0.2) is 23.9 Å². The summed E-state index contributed by atoms with van der Waals surface area (Å²) in [6, 6.07) is 21.6. The van der Waals surface area contributed by atoms with Gasteiger partial charge in [0.15, 0.2) is 0 Å². The Morgan fingerprint density at radius 1 is 0.933 bits per heavy atom. The van der Waals surface area contributed by atoms with Crippen LogP contribution in [0.25, 0.3) is 5.76 Å². The molecule has 4 rings (SSSR count). The number of hydrogen-bond donors (Lipinski definition) is 1. The zero-order valence-electron chi connectivity index (χ0n) is 16.1. The first-order valence-corrected chi connectivity index (χ1v) is 9.65. The van der Waals surface area contributed by atoms with Crippen molar-refractivity contribution in [3.05, 3.63) is 101 Å². The van der Waals surface area contributed by atoms with E-state index in [9.17, 15) is 14.7 Å². The number of benzene rings is 3. The normalized spacial score (nSPS) is 17.9. The van der Waals surface area contributed by atoms with E-state index in [1.165, 1.54) is 4.90 Å². The molecule has 0 aromatic heterocycles. The number of aliphatic hydroxyl groups is 1. The molecular formula is C24H18ClNO4. The summed E-state index contributed by atoms with van der Waals surface area (Å²) >= 11 is 6.00. The van der Waals surface area contributed by atoms with Gasteiger partial charge in [-0.3, -0.25) is 14.5 Å². The highest BCUT2D eigenvalue weighted by Gasteiger charge is 2.46. The number of aliphatic hydroxyl groups excluding tert-OH is 1. The van der Waals surface area contributed by atoms with Crippen molar-refractivity contribution in [1.82, 2.24) is 0 Å². The molecule has 0 spiro atoms. The van der Waals surface area contributed by atoms with Gasteiger partial charge in [0.25, 0.3) is 11.7 Å². The molecule has 0 radical (unpaired) electrons. The van der Waals surface area contributed by atoms with Crippen LogP contribution in [0.4, 0.5) is 5.69 Å². The van der Waals surface area contributed by atoms with E-state index in [1.807, 2.05) is 6.07 Å². The van der Waals surface area contributed by atoms with E-state index in [0.29, 0.717) is 27.6 Å². The van der Waals surface area contributed by atoms with Crippen molar-refractivity contribution in [3.8, 4) is 5.75 Å². The quantitative estimate of drug-likeness (QED) is 0.368. The number of halogens is 1. The molecular weight excluding hydrogens is 402 g/mol. The van der Waals surface area contributed by atoms with Crippen molar-refractivity contribution in [3.63, 3.8) is 0 Å². The number of amides is 1. The summed E-state index contributed by atoms with van der Waals surface area (Å²) in [6.45, 7) is 0. The topological polar surface area (TPSA) is 66.8 Å². The van der Waals surface area contributed by atoms with Crippen molar-refractivity contribution >= 4 is 34.7 Å². The van der Waals surface area contributed by atoms with E-state index in [-0.39, 0.29) is 11.3 Å². The number of Topliss-reactive ketones (excluding diaryl/α,β-unsaturated/α-hetero) is 1. The second-order valence-corrected chi connectivity index (χ2v) is 7.22. The number of methoxy groups -OCH3 is 1. The average molecular weight is 420 g/mol. The number of nitrogens with zero attached hydrogens (tertiary/aromatic N) is 1. The summed E-state index contributed by atoms with van der Waals surface area (Å²) in [5.41, 5.74) is 1.67. The van der Waals surface area contributed by atoms with Crippen LogP contribution in [0.3, 0.4) is 0 Å². The number of rotatable bonds is 4. The first-order chi connectivity index (χ1) is 14.5. The molecule has 3 aromatic rings. The van der Waals surface area contributed by atoms with Crippen molar-refractivity contribution in [2.24, 2.45) is 0 Å². The Balaban J connectivity index is 1.92. The molecule has 5 nitrogen and oxygen atoms in total. The Kier molecular flexibility index (Phi) is 5.29. The minimum atomic E-state index is -0.794. The van der Waals surface area contributed by atoms with Crippen LogP contribution in [0.1, 0.15) is 17.2 Å². The Bertz CT molecular complexity index is 1120. The van der Waals surface area contributed by atoms with Crippen molar-refractivity contribution in [2.75, 3.05) is 12.0 Å². The lowest BCUT2D eigenvalue weighted by Crippen LogP contribution is -2.29. The van der Waals surface area contributed by atoms with E-state index in [4.69, 9.17) is 16.3 Å². The van der Waals surface area contributed by atoms with Crippen molar-refractivity contribution in [1.29, 1.82) is 0 Å². The van der Waals surface area contributed by atoms with Gasteiger partial charge < -0.3 is 9.84 Å². The lowest BCUT2D eigenvalue weighted by atomic mass is 9.95. The van der Waals surface area contributed by atoms with Gasteiger partial charge in [-0.15, -0.1) is 0 Å². The van der Waals surface area contributed by atoms with Crippen molar-refractivity contribution in [2.45, 2.75) is 6.04 Å². The third-order valence-corrected chi connectivity index (χ3v) is 5.28. The molecule has 1 heterocycles. The molecule has 0 bridgehead atoms. The fraction of sp³-hybridized carbons (Fsp3) is 0.0833. The molecule has 0 unspecified atom stereocenters. The standard InChI is InChI=1S/C24H18ClNO4/c1-30-19-13-7-15(8-14-19)21-20(22(27)16-5-3-2-4-6-16)23(28)24(29)26(21)18-11-9-17(25)10-12-18/h2-14,21,27H,1H3/b22-20+/t21-/m1/s1. The maximum atomic E-state index is 13.0. The molecule has 1 amide bonds. The zero-order valence-corrected chi connectivity index (χ0v) is 16.8. The van der Waals surface area contributed by atoms with E-state index in [0.717, 1.165) is 0 Å². The highest BCUT2D eigenvalue weighted by Crippen LogP contribution is 2.42. The van der Waals surface area contributed by atoms with Gasteiger partial charge in [-0.2, -0.15) is 0 Å². The van der Waals surface area contributed by atoms with Crippen LogP contribution < -0.4 is 9.64 Å². The Labute approximate surface area is 178 Å². The van der Waals surface area contributed by atoms with Gasteiger partial charge in [-0.05, 0) is 42.0 Å². The number of carbonyl (C=O) groups is 2. The minimum Gasteiger partial charge on any atom is -0.507 e. The summed E-state index contributed by atoms with van der Waals surface area (Å²) in [6.07, 6.45) is 0. The lowest BCUT2D eigenvalue weighted by molar-refractivity contribution is -0.132. The van der Waals surface area contributed by atoms with Crippen LogP contribution in [0.15, 0.2) is 84.4 Å². The minimum absolute atomic E-state index is 0.0336. The summed E-state index contributed by atoms with van der Waals surface area (Å²) in [4.78, 5) is 27.4. The van der Waals surface area contributed by atoms with Crippen LogP contribution >= 0.6 is 11.6 Å². The summed E-state index contributed by atoms with van der Waals surface area (Å²) in [7, 11) is 1.56.